The molecule has 0 aliphatic carbocycles. The van der Waals surface area contributed by atoms with Crippen LogP contribution in [0.1, 0.15) is 16.7 Å². The van der Waals surface area contributed by atoms with Gasteiger partial charge in [-0.3, -0.25) is 4.79 Å². The van der Waals surface area contributed by atoms with Gasteiger partial charge in [0.25, 0.3) is 5.91 Å². The largest absolute Gasteiger partial charge is 0.493 e. The number of H-pyrrole nitrogens is 1. The van der Waals surface area contributed by atoms with Crippen LogP contribution in [0.4, 0.5) is 10.1 Å². The number of aromatic amines is 1. The number of hydrogen-bond donors (Lipinski definition) is 2. The van der Waals surface area contributed by atoms with Gasteiger partial charge in [0, 0.05) is 5.39 Å². The van der Waals surface area contributed by atoms with Crippen molar-refractivity contribution >= 4 is 22.5 Å². The number of amides is 1. The van der Waals surface area contributed by atoms with Gasteiger partial charge in [-0.2, -0.15) is 0 Å². The molecule has 0 saturated carbocycles. The van der Waals surface area contributed by atoms with E-state index in [2.05, 4.69) is 15.2 Å². The van der Waals surface area contributed by atoms with Gasteiger partial charge in [-0.25, -0.2) is 4.39 Å². The van der Waals surface area contributed by atoms with Crippen LogP contribution >= 0.6 is 0 Å². The Hall–Kier alpha value is -3.02. The van der Waals surface area contributed by atoms with E-state index in [1.165, 1.54) is 24.3 Å². The zero-order chi connectivity index (χ0) is 17.3. The molecule has 0 unspecified atom stereocenters. The standard InChI is InChI=1S/C18H16FN3O2/c1-10-3-8-14-16(11(10)2)20-18(24)17(14)22-21-15(23)9-12-4-6-13(19)7-5-12/h3-8,20,24H,9H2,1-2H3. The maximum Gasteiger partial charge on any atom is 0.269 e. The van der Waals surface area contributed by atoms with Crippen LogP contribution in [0.25, 0.3) is 10.9 Å². The lowest BCUT2D eigenvalue weighted by Gasteiger charge is -2.00. The number of benzene rings is 2. The minimum atomic E-state index is -0.473. The summed E-state index contributed by atoms with van der Waals surface area (Å²) < 4.78 is 12.9. The third-order valence-corrected chi connectivity index (χ3v) is 3.99. The Morgan fingerprint density at radius 3 is 2.58 bits per heavy atom. The molecule has 0 fully saturated rings. The van der Waals surface area contributed by atoms with Crippen molar-refractivity contribution in [2.45, 2.75) is 20.3 Å². The number of carbonyl (C=O) groups is 1. The number of nitrogens with zero attached hydrogens (tertiary/aromatic N) is 2. The quantitative estimate of drug-likeness (QED) is 0.696. The van der Waals surface area contributed by atoms with E-state index in [-0.39, 0.29) is 23.8 Å². The van der Waals surface area contributed by atoms with Gasteiger partial charge in [0.1, 0.15) is 5.82 Å². The maximum absolute atomic E-state index is 12.9. The molecule has 0 aliphatic rings. The first kappa shape index (κ1) is 15.9. The number of aromatic hydroxyl groups is 1. The van der Waals surface area contributed by atoms with Gasteiger partial charge in [-0.05, 0) is 42.7 Å². The van der Waals surface area contributed by atoms with Crippen LogP contribution in [0.5, 0.6) is 5.88 Å². The lowest BCUT2D eigenvalue weighted by Crippen LogP contribution is -1.97. The molecule has 2 aromatic carbocycles. The number of aryl methyl sites for hydroxylation is 2. The molecule has 0 aliphatic heterocycles. The maximum atomic E-state index is 12.9. The monoisotopic (exact) mass is 325 g/mol. The minimum absolute atomic E-state index is 0.0189. The summed E-state index contributed by atoms with van der Waals surface area (Å²) in [6, 6.07) is 9.37. The van der Waals surface area contributed by atoms with Gasteiger partial charge in [0.15, 0.2) is 5.69 Å². The van der Waals surface area contributed by atoms with Gasteiger partial charge in [0.2, 0.25) is 5.88 Å². The molecular weight excluding hydrogens is 309 g/mol. The molecule has 3 aromatic rings. The smallest absolute Gasteiger partial charge is 0.269 e. The van der Waals surface area contributed by atoms with E-state index in [0.717, 1.165) is 16.6 Å². The van der Waals surface area contributed by atoms with Gasteiger partial charge in [-0.15, -0.1) is 10.2 Å². The summed E-state index contributed by atoms with van der Waals surface area (Å²) in [6.45, 7) is 3.91. The minimum Gasteiger partial charge on any atom is -0.493 e. The number of halogens is 1. The van der Waals surface area contributed by atoms with Crippen molar-refractivity contribution in [2.75, 3.05) is 0 Å². The molecule has 24 heavy (non-hydrogen) atoms. The summed E-state index contributed by atoms with van der Waals surface area (Å²) in [4.78, 5) is 14.8. The molecule has 122 valence electrons. The summed E-state index contributed by atoms with van der Waals surface area (Å²) in [5.74, 6) is -0.960. The summed E-state index contributed by atoms with van der Waals surface area (Å²) in [5, 5.41) is 18.3. The second kappa shape index (κ2) is 6.23. The molecular formula is C18H16FN3O2. The molecule has 5 nitrogen and oxygen atoms in total. The summed E-state index contributed by atoms with van der Waals surface area (Å²) >= 11 is 0. The van der Waals surface area contributed by atoms with Crippen LogP contribution < -0.4 is 0 Å². The average molecular weight is 325 g/mol. The molecule has 6 heteroatoms. The van der Waals surface area contributed by atoms with Crippen LogP contribution in [-0.2, 0) is 11.2 Å². The predicted molar refractivity (Wildman–Crippen MR) is 89.1 cm³/mol. The SMILES string of the molecule is Cc1ccc2c(N=NC(=O)Cc3ccc(F)cc3)c(O)[nH]c2c1C. The normalized spacial score (nSPS) is 11.5. The predicted octanol–water partition coefficient (Wildman–Crippen LogP) is 4.48. The molecule has 0 atom stereocenters. The molecule has 1 amide bonds. The highest BCUT2D eigenvalue weighted by Crippen LogP contribution is 2.37. The summed E-state index contributed by atoms with van der Waals surface area (Å²) in [7, 11) is 0. The zero-order valence-corrected chi connectivity index (χ0v) is 13.3. The zero-order valence-electron chi connectivity index (χ0n) is 13.3. The molecule has 1 aromatic heterocycles. The Morgan fingerprint density at radius 2 is 1.88 bits per heavy atom. The number of hydrogen-bond acceptors (Lipinski definition) is 3. The van der Waals surface area contributed by atoms with E-state index < -0.39 is 5.91 Å². The van der Waals surface area contributed by atoms with Gasteiger partial charge in [0.05, 0.1) is 11.9 Å². The van der Waals surface area contributed by atoms with Crippen molar-refractivity contribution < 1.29 is 14.3 Å². The Labute approximate surface area is 137 Å². The molecule has 0 radical (unpaired) electrons. The van der Waals surface area contributed by atoms with E-state index >= 15 is 0 Å². The van der Waals surface area contributed by atoms with Crippen molar-refractivity contribution in [3.05, 3.63) is 58.9 Å². The summed E-state index contributed by atoms with van der Waals surface area (Å²) in [5.41, 5.74) is 3.74. The molecule has 0 bridgehead atoms. The van der Waals surface area contributed by atoms with Crippen molar-refractivity contribution in [1.29, 1.82) is 0 Å². The van der Waals surface area contributed by atoms with E-state index in [0.29, 0.717) is 10.9 Å². The number of nitrogens with one attached hydrogen (secondary N) is 1. The van der Waals surface area contributed by atoms with Crippen molar-refractivity contribution in [1.82, 2.24) is 4.98 Å². The van der Waals surface area contributed by atoms with Crippen molar-refractivity contribution in [2.24, 2.45) is 10.2 Å². The first-order valence-electron chi connectivity index (χ1n) is 7.45. The highest BCUT2D eigenvalue weighted by atomic mass is 19.1. The molecule has 0 saturated heterocycles. The number of fused-ring (bicyclic) bond motifs is 1. The average Bonchev–Trinajstić information content (AvgIpc) is 2.88. The van der Waals surface area contributed by atoms with Gasteiger partial charge < -0.3 is 10.1 Å². The molecule has 1 heterocycles. The van der Waals surface area contributed by atoms with Crippen LogP contribution in [-0.4, -0.2) is 16.0 Å². The Balaban J connectivity index is 1.85. The second-order valence-electron chi connectivity index (χ2n) is 5.65. The van der Waals surface area contributed by atoms with Crippen LogP contribution in [0, 0.1) is 19.7 Å². The Kier molecular flexibility index (Phi) is 4.12. The lowest BCUT2D eigenvalue weighted by molar-refractivity contribution is -0.117. The lowest BCUT2D eigenvalue weighted by atomic mass is 10.1. The third-order valence-electron chi connectivity index (χ3n) is 3.99. The Morgan fingerprint density at radius 1 is 1.17 bits per heavy atom. The van der Waals surface area contributed by atoms with Crippen molar-refractivity contribution in [3.8, 4) is 5.88 Å². The number of rotatable bonds is 3. The molecule has 0 spiro atoms. The van der Waals surface area contributed by atoms with Crippen LogP contribution in [0.15, 0.2) is 46.6 Å². The van der Waals surface area contributed by atoms with Gasteiger partial charge >= 0.3 is 0 Å². The number of azo groups is 1. The first-order chi connectivity index (χ1) is 11.5. The Bertz CT molecular complexity index is 943. The third kappa shape index (κ3) is 3.03. The first-order valence-corrected chi connectivity index (χ1v) is 7.45. The summed E-state index contributed by atoms with van der Waals surface area (Å²) in [6.07, 6.45) is 0.0189. The van der Waals surface area contributed by atoms with Crippen LogP contribution in [0.2, 0.25) is 0 Å². The highest BCUT2D eigenvalue weighted by Gasteiger charge is 2.13. The van der Waals surface area contributed by atoms with E-state index in [1.807, 2.05) is 26.0 Å². The topological polar surface area (TPSA) is 77.8 Å². The second-order valence-corrected chi connectivity index (χ2v) is 5.65. The fourth-order valence-corrected chi connectivity index (χ4v) is 2.50. The van der Waals surface area contributed by atoms with E-state index in [9.17, 15) is 14.3 Å². The number of carbonyl (C=O) groups excluding carboxylic acids is 1. The number of aromatic nitrogens is 1. The van der Waals surface area contributed by atoms with Crippen LogP contribution in [0.3, 0.4) is 0 Å². The fraction of sp³-hybridized carbons (Fsp3) is 0.167. The van der Waals surface area contributed by atoms with Crippen molar-refractivity contribution in [3.63, 3.8) is 0 Å². The fourth-order valence-electron chi connectivity index (χ4n) is 2.50. The highest BCUT2D eigenvalue weighted by molar-refractivity contribution is 5.96. The molecule has 2 N–H and O–H groups in total. The molecule has 3 rings (SSSR count). The van der Waals surface area contributed by atoms with E-state index in [1.54, 1.807) is 0 Å². The van der Waals surface area contributed by atoms with E-state index in [4.69, 9.17) is 0 Å². The van der Waals surface area contributed by atoms with Gasteiger partial charge in [-0.1, -0.05) is 24.3 Å².